The van der Waals surface area contributed by atoms with Gasteiger partial charge in [0.2, 0.25) is 5.89 Å². The van der Waals surface area contributed by atoms with Gasteiger partial charge in [0.05, 0.1) is 11.6 Å². The largest absolute Gasteiger partial charge is 0.487 e. The number of aromatic nitrogens is 1. The smallest absolute Gasteiger partial charge is 0.226 e. The van der Waals surface area contributed by atoms with Crippen LogP contribution in [0.3, 0.4) is 0 Å². The molecule has 0 amide bonds. The lowest BCUT2D eigenvalue weighted by Gasteiger charge is -2.03. The number of nitriles is 1. The van der Waals surface area contributed by atoms with Gasteiger partial charge in [-0.15, -0.1) is 0 Å². The van der Waals surface area contributed by atoms with Gasteiger partial charge in [-0.1, -0.05) is 18.2 Å². The van der Waals surface area contributed by atoms with Crippen molar-refractivity contribution in [2.24, 2.45) is 0 Å². The lowest BCUT2D eigenvalue weighted by Crippen LogP contribution is -1.95. The fourth-order valence-electron chi connectivity index (χ4n) is 1.87. The third kappa shape index (κ3) is 3.10. The van der Waals surface area contributed by atoms with E-state index < -0.39 is 0 Å². The molecule has 0 N–H and O–H groups in total. The van der Waals surface area contributed by atoms with Crippen LogP contribution in [0.1, 0.15) is 11.3 Å². The number of rotatable bonds is 4. The Labute approximate surface area is 122 Å². The zero-order valence-electron chi connectivity index (χ0n) is 11.2. The van der Waals surface area contributed by atoms with Crippen LogP contribution in [-0.4, -0.2) is 4.98 Å². The van der Waals surface area contributed by atoms with E-state index in [9.17, 15) is 0 Å². The van der Waals surface area contributed by atoms with E-state index in [1.165, 1.54) is 0 Å². The van der Waals surface area contributed by atoms with Crippen LogP contribution in [-0.2, 0) is 6.61 Å². The molecule has 3 rings (SSSR count). The molecule has 102 valence electrons. The van der Waals surface area contributed by atoms with Crippen LogP contribution in [0.25, 0.3) is 11.5 Å². The normalized spacial score (nSPS) is 10.0. The zero-order valence-corrected chi connectivity index (χ0v) is 11.2. The summed E-state index contributed by atoms with van der Waals surface area (Å²) in [5.74, 6) is 1.27. The lowest BCUT2D eigenvalue weighted by molar-refractivity contribution is 0.301. The highest BCUT2D eigenvalue weighted by Gasteiger charge is 2.06. The summed E-state index contributed by atoms with van der Waals surface area (Å²) < 4.78 is 11.1. The van der Waals surface area contributed by atoms with Crippen LogP contribution in [0.2, 0.25) is 0 Å². The third-order valence-corrected chi connectivity index (χ3v) is 2.94. The third-order valence-electron chi connectivity index (χ3n) is 2.94. The molecule has 0 saturated carbocycles. The van der Waals surface area contributed by atoms with Crippen molar-refractivity contribution in [2.75, 3.05) is 0 Å². The Kier molecular flexibility index (Phi) is 3.66. The topological polar surface area (TPSA) is 59.0 Å². The molecular weight excluding hydrogens is 264 g/mol. The predicted molar refractivity (Wildman–Crippen MR) is 77.4 cm³/mol. The predicted octanol–water partition coefficient (Wildman–Crippen LogP) is 3.79. The molecule has 0 saturated heterocycles. The molecule has 0 spiro atoms. The average Bonchev–Trinajstić information content (AvgIpc) is 3.03. The van der Waals surface area contributed by atoms with Crippen molar-refractivity contribution in [1.82, 2.24) is 4.98 Å². The molecule has 0 aliphatic heterocycles. The van der Waals surface area contributed by atoms with Crippen LogP contribution in [0.15, 0.2) is 65.3 Å². The fraction of sp³-hybridized carbons (Fsp3) is 0.0588. The first-order chi connectivity index (χ1) is 10.3. The quantitative estimate of drug-likeness (QED) is 0.727. The van der Waals surface area contributed by atoms with Gasteiger partial charge in [-0.05, 0) is 36.4 Å². The minimum atomic E-state index is 0.322. The van der Waals surface area contributed by atoms with E-state index in [-0.39, 0.29) is 0 Å². The number of hydrogen-bond acceptors (Lipinski definition) is 4. The first-order valence-electron chi connectivity index (χ1n) is 6.48. The van der Waals surface area contributed by atoms with E-state index in [4.69, 9.17) is 14.4 Å². The molecule has 3 aromatic rings. The van der Waals surface area contributed by atoms with Crippen LogP contribution in [0.4, 0.5) is 0 Å². The van der Waals surface area contributed by atoms with E-state index in [0.29, 0.717) is 23.8 Å². The van der Waals surface area contributed by atoms with Crippen molar-refractivity contribution < 1.29 is 9.15 Å². The van der Waals surface area contributed by atoms with Gasteiger partial charge in [-0.2, -0.15) is 5.26 Å². The van der Waals surface area contributed by atoms with E-state index in [0.717, 1.165) is 11.3 Å². The zero-order chi connectivity index (χ0) is 14.5. The van der Waals surface area contributed by atoms with Gasteiger partial charge in [-0.3, -0.25) is 0 Å². The summed E-state index contributed by atoms with van der Waals surface area (Å²) in [5.41, 5.74) is 2.26. The van der Waals surface area contributed by atoms with E-state index in [1.54, 1.807) is 30.5 Å². The molecule has 0 unspecified atom stereocenters. The Bertz CT molecular complexity index is 755. The summed E-state index contributed by atoms with van der Waals surface area (Å²) in [4.78, 5) is 4.39. The molecular formula is C17H12N2O2. The van der Waals surface area contributed by atoms with Crippen molar-refractivity contribution in [2.45, 2.75) is 6.61 Å². The molecule has 2 aromatic carbocycles. The van der Waals surface area contributed by atoms with Crippen molar-refractivity contribution in [3.8, 4) is 23.3 Å². The first-order valence-corrected chi connectivity index (χ1v) is 6.48. The minimum Gasteiger partial charge on any atom is -0.487 e. The van der Waals surface area contributed by atoms with Crippen LogP contribution >= 0.6 is 0 Å². The van der Waals surface area contributed by atoms with Crippen molar-refractivity contribution in [3.63, 3.8) is 0 Å². The molecule has 4 nitrogen and oxygen atoms in total. The van der Waals surface area contributed by atoms with E-state index >= 15 is 0 Å². The standard InChI is InChI=1S/C17H12N2O2/c18-10-13-6-8-16(9-7-13)20-11-15-12-21-17(19-15)14-4-2-1-3-5-14/h1-9,12H,11H2. The van der Waals surface area contributed by atoms with Crippen molar-refractivity contribution in [3.05, 3.63) is 72.1 Å². The summed E-state index contributed by atoms with van der Waals surface area (Å²) in [7, 11) is 0. The molecule has 1 aromatic heterocycles. The van der Waals surface area contributed by atoms with Crippen LogP contribution < -0.4 is 4.74 Å². The van der Waals surface area contributed by atoms with E-state index in [1.807, 2.05) is 30.3 Å². The second-order valence-electron chi connectivity index (χ2n) is 4.43. The number of ether oxygens (including phenoxy) is 1. The van der Waals surface area contributed by atoms with E-state index in [2.05, 4.69) is 11.1 Å². The summed E-state index contributed by atoms with van der Waals surface area (Å²) >= 11 is 0. The Morgan fingerprint density at radius 1 is 1.05 bits per heavy atom. The molecule has 0 bridgehead atoms. The van der Waals surface area contributed by atoms with Gasteiger partial charge in [-0.25, -0.2) is 4.98 Å². The van der Waals surface area contributed by atoms with Gasteiger partial charge < -0.3 is 9.15 Å². The molecule has 4 heteroatoms. The van der Waals surface area contributed by atoms with Gasteiger partial charge >= 0.3 is 0 Å². The van der Waals surface area contributed by atoms with Crippen LogP contribution in [0, 0.1) is 11.3 Å². The first kappa shape index (κ1) is 12.9. The Morgan fingerprint density at radius 2 is 1.81 bits per heavy atom. The van der Waals surface area contributed by atoms with Crippen LogP contribution in [0.5, 0.6) is 5.75 Å². The number of oxazole rings is 1. The summed E-state index contributed by atoms with van der Waals surface area (Å²) in [6.07, 6.45) is 1.59. The maximum absolute atomic E-state index is 8.73. The fourth-order valence-corrected chi connectivity index (χ4v) is 1.87. The van der Waals surface area contributed by atoms with Gasteiger partial charge in [0.25, 0.3) is 0 Å². The molecule has 0 aliphatic carbocycles. The summed E-state index contributed by atoms with van der Waals surface area (Å²) in [5, 5.41) is 8.73. The van der Waals surface area contributed by atoms with Crippen molar-refractivity contribution >= 4 is 0 Å². The average molecular weight is 276 g/mol. The van der Waals surface area contributed by atoms with Gasteiger partial charge in [0.15, 0.2) is 0 Å². The molecule has 1 heterocycles. The van der Waals surface area contributed by atoms with Gasteiger partial charge in [0.1, 0.15) is 24.3 Å². The molecule has 0 fully saturated rings. The number of hydrogen-bond donors (Lipinski definition) is 0. The summed E-state index contributed by atoms with van der Waals surface area (Å²) in [6.45, 7) is 0.322. The molecule has 0 aliphatic rings. The Hall–Kier alpha value is -3.06. The Balaban J connectivity index is 1.66. The monoisotopic (exact) mass is 276 g/mol. The summed E-state index contributed by atoms with van der Waals surface area (Å²) in [6, 6.07) is 18.7. The second-order valence-corrected chi connectivity index (χ2v) is 4.43. The second kappa shape index (κ2) is 5.93. The maximum Gasteiger partial charge on any atom is 0.226 e. The minimum absolute atomic E-state index is 0.322. The van der Waals surface area contributed by atoms with Gasteiger partial charge in [0, 0.05) is 5.56 Å². The number of nitrogens with zero attached hydrogens (tertiary/aromatic N) is 2. The molecule has 21 heavy (non-hydrogen) atoms. The highest BCUT2D eigenvalue weighted by atomic mass is 16.5. The van der Waals surface area contributed by atoms with Crippen molar-refractivity contribution in [1.29, 1.82) is 5.26 Å². The molecule has 0 atom stereocenters. The highest BCUT2D eigenvalue weighted by molar-refractivity contribution is 5.52. The molecule has 0 radical (unpaired) electrons. The maximum atomic E-state index is 8.73. The SMILES string of the molecule is N#Cc1ccc(OCc2coc(-c3ccccc3)n2)cc1. The lowest BCUT2D eigenvalue weighted by atomic mass is 10.2. The number of benzene rings is 2. The Morgan fingerprint density at radius 3 is 2.52 bits per heavy atom. The highest BCUT2D eigenvalue weighted by Crippen LogP contribution is 2.19.